The maximum atomic E-state index is 11.3. The van der Waals surface area contributed by atoms with Crippen molar-refractivity contribution in [3.8, 4) is 12.1 Å². The molecule has 0 N–H and O–H groups in total. The number of methoxy groups -OCH3 is 2. The average Bonchev–Trinajstić information content (AvgIpc) is 2.54. The van der Waals surface area contributed by atoms with Crippen molar-refractivity contribution in [1.82, 2.24) is 0 Å². The minimum absolute atomic E-state index is 0.0966. The van der Waals surface area contributed by atoms with Gasteiger partial charge in [0.15, 0.2) is 0 Å². The van der Waals surface area contributed by atoms with E-state index in [9.17, 15) is 9.59 Å². The largest absolute Gasteiger partial charge is 0.469 e. The van der Waals surface area contributed by atoms with Crippen molar-refractivity contribution in [2.75, 3.05) is 14.2 Å². The quantitative estimate of drug-likeness (QED) is 0.495. The summed E-state index contributed by atoms with van der Waals surface area (Å²) in [6, 6.07) is 2.61. The predicted molar refractivity (Wildman–Crippen MR) is 75.3 cm³/mol. The number of nitrogens with zero attached hydrogens (tertiary/aromatic N) is 4. The Morgan fingerprint density at radius 1 is 0.909 bits per heavy atom. The second-order valence-corrected chi connectivity index (χ2v) is 4.76. The molecule has 0 aliphatic carbocycles. The fourth-order valence-corrected chi connectivity index (χ4v) is 1.49. The van der Waals surface area contributed by atoms with Gasteiger partial charge < -0.3 is 9.47 Å². The van der Waals surface area contributed by atoms with Gasteiger partial charge in [-0.05, 0) is 13.8 Å². The van der Waals surface area contributed by atoms with Gasteiger partial charge in [-0.3, -0.25) is 9.59 Å². The molecule has 0 saturated heterocycles. The van der Waals surface area contributed by atoms with Gasteiger partial charge in [-0.1, -0.05) is 0 Å². The lowest BCUT2D eigenvalue weighted by Crippen LogP contribution is -2.23. The van der Waals surface area contributed by atoms with E-state index in [2.05, 4.69) is 19.7 Å². The highest BCUT2D eigenvalue weighted by Crippen LogP contribution is 2.17. The van der Waals surface area contributed by atoms with E-state index in [4.69, 9.17) is 10.5 Å². The molecule has 0 aliphatic heterocycles. The third-order valence-corrected chi connectivity index (χ3v) is 3.13. The van der Waals surface area contributed by atoms with E-state index in [0.29, 0.717) is 0 Å². The van der Waals surface area contributed by atoms with Crippen LogP contribution in [0.2, 0.25) is 0 Å². The van der Waals surface area contributed by atoms with E-state index in [-0.39, 0.29) is 12.8 Å². The Labute approximate surface area is 129 Å². The zero-order valence-electron chi connectivity index (χ0n) is 13.1. The second kappa shape index (κ2) is 10.3. The van der Waals surface area contributed by atoms with Crippen LogP contribution in [0.25, 0.3) is 0 Å². The molecule has 0 bridgehead atoms. The van der Waals surface area contributed by atoms with Crippen LogP contribution in [-0.2, 0) is 19.1 Å². The Morgan fingerprint density at radius 2 is 1.23 bits per heavy atom. The third-order valence-electron chi connectivity index (χ3n) is 3.13. The van der Waals surface area contributed by atoms with Gasteiger partial charge in [-0.2, -0.15) is 20.8 Å². The Hall–Kier alpha value is -2.48. The number of rotatable bonds is 8. The van der Waals surface area contributed by atoms with Crippen LogP contribution in [0.1, 0.15) is 26.7 Å². The summed E-state index contributed by atoms with van der Waals surface area (Å²) in [4.78, 5) is 22.7. The van der Waals surface area contributed by atoms with Crippen LogP contribution in [0.15, 0.2) is 10.2 Å². The molecule has 4 unspecified atom stereocenters. The third kappa shape index (κ3) is 6.80. The van der Waals surface area contributed by atoms with E-state index >= 15 is 0 Å². The first-order chi connectivity index (χ1) is 10.4. The molecule has 120 valence electrons. The van der Waals surface area contributed by atoms with Crippen LogP contribution >= 0.6 is 0 Å². The topological polar surface area (TPSA) is 125 Å². The van der Waals surface area contributed by atoms with Crippen LogP contribution < -0.4 is 0 Å². The van der Waals surface area contributed by atoms with E-state index in [0.717, 1.165) is 0 Å². The Morgan fingerprint density at radius 3 is 1.45 bits per heavy atom. The highest BCUT2D eigenvalue weighted by molar-refractivity contribution is 5.70. The van der Waals surface area contributed by atoms with Crippen LogP contribution in [-0.4, -0.2) is 38.2 Å². The summed E-state index contributed by atoms with van der Waals surface area (Å²) in [5.74, 6) is -2.13. The van der Waals surface area contributed by atoms with Gasteiger partial charge in [-0.15, -0.1) is 0 Å². The molecule has 0 aromatic rings. The lowest BCUT2D eigenvalue weighted by Gasteiger charge is -2.15. The molecule has 0 heterocycles. The van der Waals surface area contributed by atoms with Crippen LogP contribution in [0.5, 0.6) is 0 Å². The van der Waals surface area contributed by atoms with Crippen molar-refractivity contribution in [1.29, 1.82) is 10.5 Å². The Balaban J connectivity index is 5.12. The minimum atomic E-state index is -0.691. The zero-order valence-corrected chi connectivity index (χ0v) is 13.1. The lowest BCUT2D eigenvalue weighted by molar-refractivity contribution is -0.142. The number of esters is 2. The number of carbonyl (C=O) groups excluding carboxylic acids is 2. The zero-order chi connectivity index (χ0) is 17.1. The molecule has 0 fully saturated rings. The SMILES string of the molecule is COC(=O)CC(N=NC(CC(=O)OC)C(C)C#N)C(C)C#N. The van der Waals surface area contributed by atoms with E-state index < -0.39 is 35.9 Å². The molecule has 0 rings (SSSR count). The highest BCUT2D eigenvalue weighted by atomic mass is 16.5. The van der Waals surface area contributed by atoms with E-state index in [1.165, 1.54) is 14.2 Å². The first kappa shape index (κ1) is 19.5. The standard InChI is InChI=1S/C14H20N4O4/c1-9(7-15)11(5-13(19)21-3)17-18-12(10(2)8-16)6-14(20)22-4/h9-12H,5-6H2,1-4H3. The summed E-state index contributed by atoms with van der Waals surface area (Å²) in [6.45, 7) is 3.21. The summed E-state index contributed by atoms with van der Waals surface area (Å²) in [5, 5.41) is 25.9. The summed E-state index contributed by atoms with van der Waals surface area (Å²) >= 11 is 0. The molecule has 8 nitrogen and oxygen atoms in total. The van der Waals surface area contributed by atoms with Gasteiger partial charge in [-0.25, -0.2) is 0 Å². The van der Waals surface area contributed by atoms with Gasteiger partial charge in [0.25, 0.3) is 0 Å². The molecular formula is C14H20N4O4. The van der Waals surface area contributed by atoms with Crippen LogP contribution in [0.4, 0.5) is 0 Å². The fourth-order valence-electron chi connectivity index (χ4n) is 1.49. The number of azo groups is 1. The number of hydrogen-bond acceptors (Lipinski definition) is 8. The summed E-state index contributed by atoms with van der Waals surface area (Å²) in [5.41, 5.74) is 0. The molecule has 0 aromatic carbocycles. The van der Waals surface area contributed by atoms with Crippen LogP contribution in [0.3, 0.4) is 0 Å². The Kier molecular flexibility index (Phi) is 9.12. The minimum Gasteiger partial charge on any atom is -0.469 e. The molecule has 4 atom stereocenters. The summed E-state index contributed by atoms with van der Waals surface area (Å²) in [6.07, 6.45) is -0.193. The first-order valence-corrected chi connectivity index (χ1v) is 6.72. The van der Waals surface area contributed by atoms with Gasteiger partial charge in [0.05, 0.1) is 63.1 Å². The van der Waals surface area contributed by atoms with Crippen molar-refractivity contribution in [3.05, 3.63) is 0 Å². The van der Waals surface area contributed by atoms with Crippen molar-refractivity contribution >= 4 is 11.9 Å². The average molecular weight is 308 g/mol. The fraction of sp³-hybridized carbons (Fsp3) is 0.714. The monoisotopic (exact) mass is 308 g/mol. The van der Waals surface area contributed by atoms with Gasteiger partial charge in [0, 0.05) is 0 Å². The van der Waals surface area contributed by atoms with Gasteiger partial charge in [0.1, 0.15) is 0 Å². The van der Waals surface area contributed by atoms with Crippen molar-refractivity contribution in [2.45, 2.75) is 38.8 Å². The molecule has 0 aliphatic rings. The van der Waals surface area contributed by atoms with Gasteiger partial charge in [0.2, 0.25) is 0 Å². The highest BCUT2D eigenvalue weighted by Gasteiger charge is 2.24. The van der Waals surface area contributed by atoms with Crippen LogP contribution in [0, 0.1) is 34.5 Å². The first-order valence-electron chi connectivity index (χ1n) is 6.72. The molecule has 0 saturated carbocycles. The Bertz CT molecular complexity index is 448. The molecule has 0 amide bonds. The van der Waals surface area contributed by atoms with Crippen molar-refractivity contribution < 1.29 is 19.1 Å². The van der Waals surface area contributed by atoms with Crippen molar-refractivity contribution in [2.24, 2.45) is 22.1 Å². The molecule has 8 heteroatoms. The molecular weight excluding hydrogens is 288 g/mol. The number of carbonyl (C=O) groups is 2. The van der Waals surface area contributed by atoms with E-state index in [1.807, 2.05) is 12.1 Å². The number of nitriles is 2. The summed E-state index contributed by atoms with van der Waals surface area (Å²) in [7, 11) is 2.48. The van der Waals surface area contributed by atoms with E-state index in [1.54, 1.807) is 13.8 Å². The second-order valence-electron chi connectivity index (χ2n) is 4.76. The molecule has 22 heavy (non-hydrogen) atoms. The molecule has 0 spiro atoms. The maximum absolute atomic E-state index is 11.3. The molecule has 0 radical (unpaired) electrons. The predicted octanol–water partition coefficient (Wildman–Crippen LogP) is 1.62. The summed E-state index contributed by atoms with van der Waals surface area (Å²) < 4.78 is 9.11. The molecule has 0 aromatic heterocycles. The lowest BCUT2D eigenvalue weighted by atomic mass is 10.0. The van der Waals surface area contributed by atoms with Gasteiger partial charge >= 0.3 is 11.9 Å². The maximum Gasteiger partial charge on any atom is 0.307 e. The number of ether oxygens (including phenoxy) is 2. The smallest absolute Gasteiger partial charge is 0.307 e. The number of hydrogen-bond donors (Lipinski definition) is 0. The van der Waals surface area contributed by atoms with Crippen molar-refractivity contribution in [3.63, 3.8) is 0 Å². The normalized spacial score (nSPS) is 15.9.